The van der Waals surface area contributed by atoms with E-state index in [1.807, 2.05) is 32.9 Å². The van der Waals surface area contributed by atoms with Gasteiger partial charge in [0.1, 0.15) is 6.04 Å². The zero-order valence-corrected chi connectivity index (χ0v) is 19.4. The van der Waals surface area contributed by atoms with Crippen LogP contribution in [0.5, 0.6) is 0 Å². The van der Waals surface area contributed by atoms with Crippen molar-refractivity contribution in [1.82, 2.24) is 10.2 Å². The van der Waals surface area contributed by atoms with Crippen LogP contribution in [0, 0.1) is 0 Å². The molecule has 30 heavy (non-hydrogen) atoms. The Kier molecular flexibility index (Phi) is 8.48. The van der Waals surface area contributed by atoms with E-state index in [9.17, 15) is 9.59 Å². The maximum atomic E-state index is 13.1. The third kappa shape index (κ3) is 7.49. The van der Waals surface area contributed by atoms with Gasteiger partial charge >= 0.3 is 0 Å². The van der Waals surface area contributed by atoms with Crippen molar-refractivity contribution >= 4 is 23.4 Å². The van der Waals surface area contributed by atoms with Gasteiger partial charge in [-0.1, -0.05) is 54.9 Å². The number of halogens is 1. The summed E-state index contributed by atoms with van der Waals surface area (Å²) < 4.78 is 0. The Bertz CT molecular complexity index is 839. The van der Waals surface area contributed by atoms with E-state index in [2.05, 4.69) is 36.5 Å². The molecule has 0 aliphatic heterocycles. The lowest BCUT2D eigenvalue weighted by Gasteiger charge is -2.31. The molecule has 1 N–H and O–H groups in total. The van der Waals surface area contributed by atoms with Crippen LogP contribution in [-0.2, 0) is 29.0 Å². The fraction of sp³-hybridized carbons (Fsp3) is 0.440. The molecule has 0 saturated carbocycles. The third-order valence-corrected chi connectivity index (χ3v) is 5.24. The number of hydrogen-bond acceptors (Lipinski definition) is 2. The van der Waals surface area contributed by atoms with Gasteiger partial charge in [0, 0.05) is 23.5 Å². The van der Waals surface area contributed by atoms with E-state index in [1.54, 1.807) is 24.0 Å². The van der Waals surface area contributed by atoms with Crippen LogP contribution >= 0.6 is 11.6 Å². The minimum absolute atomic E-state index is 0.0407. The van der Waals surface area contributed by atoms with Gasteiger partial charge in [0.05, 0.1) is 0 Å². The Morgan fingerprint density at radius 3 is 2.03 bits per heavy atom. The summed E-state index contributed by atoms with van der Waals surface area (Å²) >= 11 is 5.99. The Balaban J connectivity index is 2.14. The first-order valence-corrected chi connectivity index (χ1v) is 10.9. The number of aryl methyl sites for hydroxylation is 2. The monoisotopic (exact) mass is 428 g/mol. The second-order valence-corrected chi connectivity index (χ2v) is 9.17. The summed E-state index contributed by atoms with van der Waals surface area (Å²) in [5.74, 6) is -0.196. The average Bonchev–Trinajstić information content (AvgIpc) is 2.70. The number of rotatable bonds is 8. The van der Waals surface area contributed by atoms with Crippen LogP contribution in [0.3, 0.4) is 0 Å². The molecular weight excluding hydrogens is 396 g/mol. The van der Waals surface area contributed by atoms with Crippen LogP contribution < -0.4 is 5.32 Å². The zero-order valence-electron chi connectivity index (χ0n) is 18.7. The standard InChI is InChI=1S/C25H33ClN2O2/c1-6-19-7-9-20(10-8-19)13-16-23(29)28(17-21-11-14-22(26)15-12-21)18(2)24(30)27-25(3,4)5/h7-12,14-15,18H,6,13,16-17H2,1-5H3,(H,27,30)/t18-/m0/s1. The lowest BCUT2D eigenvalue weighted by atomic mass is 10.0. The summed E-state index contributed by atoms with van der Waals surface area (Å²) in [5.41, 5.74) is 2.98. The number of nitrogens with one attached hydrogen (secondary N) is 1. The van der Waals surface area contributed by atoms with Crippen molar-refractivity contribution in [3.8, 4) is 0 Å². The summed E-state index contributed by atoms with van der Waals surface area (Å²) in [6.07, 6.45) is 1.99. The SMILES string of the molecule is CCc1ccc(CCC(=O)N(Cc2ccc(Cl)cc2)[C@@H](C)C(=O)NC(C)(C)C)cc1. The predicted octanol–water partition coefficient (Wildman–Crippen LogP) is 5.17. The molecule has 0 spiro atoms. The Hall–Kier alpha value is -2.33. The van der Waals surface area contributed by atoms with E-state index in [0.29, 0.717) is 24.4 Å². The molecule has 0 bridgehead atoms. The number of hydrogen-bond donors (Lipinski definition) is 1. The maximum absolute atomic E-state index is 13.1. The highest BCUT2D eigenvalue weighted by atomic mass is 35.5. The summed E-state index contributed by atoms with van der Waals surface area (Å²) in [6.45, 7) is 10.1. The first-order valence-electron chi connectivity index (χ1n) is 10.5. The van der Waals surface area contributed by atoms with E-state index in [0.717, 1.165) is 17.5 Å². The van der Waals surface area contributed by atoms with E-state index in [4.69, 9.17) is 11.6 Å². The van der Waals surface area contributed by atoms with Crippen LogP contribution in [0.25, 0.3) is 0 Å². The highest BCUT2D eigenvalue weighted by Crippen LogP contribution is 2.16. The van der Waals surface area contributed by atoms with Crippen LogP contribution in [0.4, 0.5) is 0 Å². The molecule has 0 aromatic heterocycles. The Labute approximate surface area is 185 Å². The molecule has 0 saturated heterocycles. The number of nitrogens with zero attached hydrogens (tertiary/aromatic N) is 1. The van der Waals surface area contributed by atoms with Gasteiger partial charge in [-0.3, -0.25) is 9.59 Å². The van der Waals surface area contributed by atoms with Crippen molar-refractivity contribution in [3.63, 3.8) is 0 Å². The first kappa shape index (κ1) is 23.9. The van der Waals surface area contributed by atoms with Gasteiger partial charge in [0.15, 0.2) is 0 Å². The Morgan fingerprint density at radius 2 is 1.50 bits per heavy atom. The van der Waals surface area contributed by atoms with E-state index < -0.39 is 6.04 Å². The number of benzene rings is 2. The van der Waals surface area contributed by atoms with Gasteiger partial charge in [-0.25, -0.2) is 0 Å². The van der Waals surface area contributed by atoms with Crippen molar-refractivity contribution in [2.75, 3.05) is 0 Å². The molecule has 2 amide bonds. The maximum Gasteiger partial charge on any atom is 0.242 e. The lowest BCUT2D eigenvalue weighted by molar-refractivity contribution is -0.141. The fourth-order valence-electron chi connectivity index (χ4n) is 3.18. The third-order valence-electron chi connectivity index (χ3n) is 4.99. The van der Waals surface area contributed by atoms with Crippen molar-refractivity contribution in [2.24, 2.45) is 0 Å². The van der Waals surface area contributed by atoms with Crippen molar-refractivity contribution in [3.05, 3.63) is 70.2 Å². The van der Waals surface area contributed by atoms with Gasteiger partial charge in [-0.15, -0.1) is 0 Å². The molecule has 0 heterocycles. The van der Waals surface area contributed by atoms with E-state index >= 15 is 0 Å². The molecule has 0 unspecified atom stereocenters. The van der Waals surface area contributed by atoms with E-state index in [-0.39, 0.29) is 17.4 Å². The van der Waals surface area contributed by atoms with Gasteiger partial charge in [-0.2, -0.15) is 0 Å². The fourth-order valence-corrected chi connectivity index (χ4v) is 3.31. The summed E-state index contributed by atoms with van der Waals surface area (Å²) in [6, 6.07) is 15.2. The summed E-state index contributed by atoms with van der Waals surface area (Å²) in [4.78, 5) is 27.6. The normalized spacial score (nSPS) is 12.3. The molecule has 2 aromatic carbocycles. The molecule has 5 heteroatoms. The lowest BCUT2D eigenvalue weighted by Crippen LogP contribution is -2.52. The number of carbonyl (C=O) groups is 2. The summed E-state index contributed by atoms with van der Waals surface area (Å²) in [7, 11) is 0. The van der Waals surface area contributed by atoms with Crippen molar-refractivity contribution in [2.45, 2.75) is 72.0 Å². The molecule has 0 fully saturated rings. The van der Waals surface area contributed by atoms with Crippen LogP contribution in [0.1, 0.15) is 57.7 Å². The van der Waals surface area contributed by atoms with Crippen LogP contribution in [-0.4, -0.2) is 28.3 Å². The minimum Gasteiger partial charge on any atom is -0.350 e. The topological polar surface area (TPSA) is 49.4 Å². The van der Waals surface area contributed by atoms with E-state index in [1.165, 1.54) is 5.56 Å². The van der Waals surface area contributed by atoms with Gasteiger partial charge in [0.25, 0.3) is 0 Å². The molecule has 2 aromatic rings. The molecule has 4 nitrogen and oxygen atoms in total. The highest BCUT2D eigenvalue weighted by molar-refractivity contribution is 6.30. The minimum atomic E-state index is -0.574. The molecule has 2 rings (SSSR count). The van der Waals surface area contributed by atoms with Gasteiger partial charge < -0.3 is 10.2 Å². The first-order chi connectivity index (χ1) is 14.1. The highest BCUT2D eigenvalue weighted by Gasteiger charge is 2.28. The molecule has 0 aliphatic rings. The molecular formula is C25H33ClN2O2. The molecule has 162 valence electrons. The summed E-state index contributed by atoms with van der Waals surface area (Å²) in [5, 5.41) is 3.63. The van der Waals surface area contributed by atoms with Gasteiger partial charge in [-0.05, 0) is 69.4 Å². The zero-order chi connectivity index (χ0) is 22.3. The smallest absolute Gasteiger partial charge is 0.242 e. The van der Waals surface area contributed by atoms with Gasteiger partial charge in [0.2, 0.25) is 11.8 Å². The number of carbonyl (C=O) groups excluding carboxylic acids is 2. The quantitative estimate of drug-likeness (QED) is 0.630. The number of amides is 2. The van der Waals surface area contributed by atoms with Crippen LogP contribution in [0.15, 0.2) is 48.5 Å². The second-order valence-electron chi connectivity index (χ2n) is 8.73. The van der Waals surface area contributed by atoms with Crippen molar-refractivity contribution < 1.29 is 9.59 Å². The molecule has 1 atom stereocenters. The van der Waals surface area contributed by atoms with Crippen molar-refractivity contribution in [1.29, 1.82) is 0 Å². The molecule has 0 radical (unpaired) electrons. The molecule has 0 aliphatic carbocycles. The second kappa shape index (κ2) is 10.6. The predicted molar refractivity (Wildman–Crippen MR) is 124 cm³/mol. The largest absolute Gasteiger partial charge is 0.350 e. The average molecular weight is 429 g/mol. The van der Waals surface area contributed by atoms with Crippen LogP contribution in [0.2, 0.25) is 5.02 Å². The Morgan fingerprint density at radius 1 is 0.967 bits per heavy atom.